The minimum atomic E-state index is -0.700. The fourth-order valence-electron chi connectivity index (χ4n) is 2.98. The topological polar surface area (TPSA) is 70.0 Å². The van der Waals surface area contributed by atoms with Crippen molar-refractivity contribution in [2.45, 2.75) is 12.8 Å². The highest BCUT2D eigenvalue weighted by Gasteiger charge is 2.26. The number of nitrogens with zero attached hydrogens (tertiary/aromatic N) is 1. The first-order valence-electron chi connectivity index (χ1n) is 7.22. The van der Waals surface area contributed by atoms with Crippen molar-refractivity contribution in [2.75, 3.05) is 26.2 Å². The number of carbonyl (C=O) groups is 1. The van der Waals surface area contributed by atoms with E-state index in [1.807, 2.05) is 6.07 Å². The standard InChI is InChI=1S/C16H19NO4/c18-14-4-3-12-6-11(10-21-15(12)7-14)8-17-5-1-2-13(9-17)16(19)20/h3-4,6-7,13,18H,1-2,5,8-10H2,(H,19,20)/t13-/m1/s1. The van der Waals surface area contributed by atoms with Crippen LogP contribution in [-0.2, 0) is 4.79 Å². The lowest BCUT2D eigenvalue weighted by Crippen LogP contribution is -2.40. The van der Waals surface area contributed by atoms with E-state index >= 15 is 0 Å². The molecule has 2 N–H and O–H groups in total. The molecule has 2 aliphatic rings. The number of benzene rings is 1. The average Bonchev–Trinajstić information content (AvgIpc) is 2.48. The number of carboxylic acids is 1. The molecule has 21 heavy (non-hydrogen) atoms. The summed E-state index contributed by atoms with van der Waals surface area (Å²) in [6.07, 6.45) is 3.77. The number of carboxylic acid groups (broad SMARTS) is 1. The molecule has 0 aliphatic carbocycles. The maximum Gasteiger partial charge on any atom is 0.307 e. The van der Waals surface area contributed by atoms with Gasteiger partial charge in [-0.25, -0.2) is 0 Å². The second-order valence-corrected chi connectivity index (χ2v) is 5.73. The van der Waals surface area contributed by atoms with E-state index in [4.69, 9.17) is 9.84 Å². The molecule has 0 spiro atoms. The van der Waals surface area contributed by atoms with Crippen LogP contribution in [0.1, 0.15) is 18.4 Å². The van der Waals surface area contributed by atoms with Crippen LogP contribution in [-0.4, -0.2) is 47.3 Å². The van der Waals surface area contributed by atoms with Gasteiger partial charge in [-0.1, -0.05) is 0 Å². The lowest BCUT2D eigenvalue weighted by molar-refractivity contribution is -0.143. The smallest absolute Gasteiger partial charge is 0.307 e. The highest BCUT2D eigenvalue weighted by Crippen LogP contribution is 2.30. The van der Waals surface area contributed by atoms with E-state index in [2.05, 4.69) is 11.0 Å². The lowest BCUT2D eigenvalue weighted by Gasteiger charge is -2.32. The van der Waals surface area contributed by atoms with Crippen LogP contribution in [0.5, 0.6) is 11.5 Å². The third-order valence-electron chi connectivity index (χ3n) is 4.05. The number of aromatic hydroxyl groups is 1. The largest absolute Gasteiger partial charge is 0.508 e. The van der Waals surface area contributed by atoms with Gasteiger partial charge in [0.05, 0.1) is 5.92 Å². The SMILES string of the molecule is O=C(O)[C@@H]1CCCN(CC2=Cc3ccc(O)cc3OC2)C1. The van der Waals surface area contributed by atoms with E-state index in [9.17, 15) is 9.90 Å². The van der Waals surface area contributed by atoms with Crippen molar-refractivity contribution in [2.24, 2.45) is 5.92 Å². The van der Waals surface area contributed by atoms with E-state index in [0.29, 0.717) is 18.9 Å². The normalized spacial score (nSPS) is 22.1. The molecular weight excluding hydrogens is 270 g/mol. The van der Waals surface area contributed by atoms with Gasteiger partial charge in [0.25, 0.3) is 0 Å². The lowest BCUT2D eigenvalue weighted by atomic mass is 9.97. The molecule has 112 valence electrons. The molecule has 2 heterocycles. The second kappa shape index (κ2) is 5.77. The summed E-state index contributed by atoms with van der Waals surface area (Å²) >= 11 is 0. The van der Waals surface area contributed by atoms with Crippen molar-refractivity contribution >= 4 is 12.0 Å². The summed E-state index contributed by atoms with van der Waals surface area (Å²) in [6, 6.07) is 5.09. The zero-order valence-electron chi connectivity index (χ0n) is 11.8. The number of rotatable bonds is 3. The van der Waals surface area contributed by atoms with E-state index in [1.54, 1.807) is 12.1 Å². The Morgan fingerprint density at radius 1 is 1.43 bits per heavy atom. The fourth-order valence-corrected chi connectivity index (χ4v) is 2.98. The molecule has 1 aromatic rings. The van der Waals surface area contributed by atoms with E-state index in [0.717, 1.165) is 37.1 Å². The summed E-state index contributed by atoms with van der Waals surface area (Å²) < 4.78 is 5.66. The number of ether oxygens (including phenoxy) is 1. The Balaban J connectivity index is 1.68. The first kappa shape index (κ1) is 13.9. The van der Waals surface area contributed by atoms with Gasteiger partial charge >= 0.3 is 5.97 Å². The Morgan fingerprint density at radius 3 is 3.10 bits per heavy atom. The fraction of sp³-hybridized carbons (Fsp3) is 0.438. The highest BCUT2D eigenvalue weighted by molar-refractivity contribution is 5.70. The quantitative estimate of drug-likeness (QED) is 0.890. The molecular formula is C16H19NO4. The summed E-state index contributed by atoms with van der Waals surface area (Å²) in [6.45, 7) is 2.77. The van der Waals surface area contributed by atoms with Gasteiger partial charge in [0.1, 0.15) is 18.1 Å². The number of hydrogen-bond donors (Lipinski definition) is 2. The van der Waals surface area contributed by atoms with Gasteiger partial charge in [-0.15, -0.1) is 0 Å². The maximum atomic E-state index is 11.1. The first-order valence-corrected chi connectivity index (χ1v) is 7.22. The van der Waals surface area contributed by atoms with Gasteiger partial charge in [0, 0.05) is 24.7 Å². The summed E-state index contributed by atoms with van der Waals surface area (Å²) in [7, 11) is 0. The number of likely N-dealkylation sites (tertiary alicyclic amines) is 1. The summed E-state index contributed by atoms with van der Waals surface area (Å²) in [5.41, 5.74) is 2.10. The van der Waals surface area contributed by atoms with Crippen molar-refractivity contribution in [1.82, 2.24) is 4.90 Å². The molecule has 3 rings (SSSR count). The molecule has 5 heteroatoms. The molecule has 5 nitrogen and oxygen atoms in total. The van der Waals surface area contributed by atoms with Crippen LogP contribution >= 0.6 is 0 Å². The Hall–Kier alpha value is -2.01. The number of phenols is 1. The van der Waals surface area contributed by atoms with Crippen LogP contribution in [0.25, 0.3) is 6.08 Å². The molecule has 0 amide bonds. The molecule has 1 aromatic carbocycles. The van der Waals surface area contributed by atoms with E-state index < -0.39 is 5.97 Å². The molecule has 1 fully saturated rings. The number of phenolic OH excluding ortho intramolecular Hbond substituents is 1. The Kier molecular flexibility index (Phi) is 3.84. The Morgan fingerprint density at radius 2 is 2.29 bits per heavy atom. The van der Waals surface area contributed by atoms with Crippen molar-refractivity contribution in [3.63, 3.8) is 0 Å². The van der Waals surface area contributed by atoms with E-state index in [1.165, 1.54) is 0 Å². The third kappa shape index (κ3) is 3.19. The van der Waals surface area contributed by atoms with Gasteiger partial charge in [-0.3, -0.25) is 9.69 Å². The molecule has 1 saturated heterocycles. The molecule has 0 bridgehead atoms. The predicted molar refractivity (Wildman–Crippen MR) is 78.4 cm³/mol. The third-order valence-corrected chi connectivity index (χ3v) is 4.05. The van der Waals surface area contributed by atoms with Crippen LogP contribution in [0.15, 0.2) is 23.8 Å². The molecule has 0 saturated carbocycles. The predicted octanol–water partition coefficient (Wildman–Crippen LogP) is 1.96. The number of aliphatic carboxylic acids is 1. The maximum absolute atomic E-state index is 11.1. The van der Waals surface area contributed by atoms with Crippen LogP contribution in [0, 0.1) is 5.92 Å². The molecule has 1 atom stereocenters. The molecule has 0 aromatic heterocycles. The minimum absolute atomic E-state index is 0.200. The summed E-state index contributed by atoms with van der Waals surface area (Å²) in [5.74, 6) is -0.0609. The van der Waals surface area contributed by atoms with Gasteiger partial charge in [-0.2, -0.15) is 0 Å². The van der Waals surface area contributed by atoms with Gasteiger partial charge in [-0.05, 0) is 43.2 Å². The van der Waals surface area contributed by atoms with Gasteiger partial charge in [0.2, 0.25) is 0 Å². The Labute approximate surface area is 123 Å². The van der Waals surface area contributed by atoms with Crippen LogP contribution in [0.4, 0.5) is 0 Å². The monoisotopic (exact) mass is 289 g/mol. The number of piperidine rings is 1. The average molecular weight is 289 g/mol. The van der Waals surface area contributed by atoms with Gasteiger partial charge < -0.3 is 14.9 Å². The van der Waals surface area contributed by atoms with Crippen LogP contribution in [0.2, 0.25) is 0 Å². The van der Waals surface area contributed by atoms with Crippen LogP contribution in [0.3, 0.4) is 0 Å². The van der Waals surface area contributed by atoms with Crippen molar-refractivity contribution in [3.05, 3.63) is 29.3 Å². The van der Waals surface area contributed by atoms with E-state index in [-0.39, 0.29) is 11.7 Å². The first-order chi connectivity index (χ1) is 10.1. The minimum Gasteiger partial charge on any atom is -0.508 e. The zero-order valence-corrected chi connectivity index (χ0v) is 11.8. The molecule has 2 aliphatic heterocycles. The van der Waals surface area contributed by atoms with Crippen molar-refractivity contribution < 1.29 is 19.7 Å². The summed E-state index contributed by atoms with van der Waals surface area (Å²) in [5, 5.41) is 18.6. The van der Waals surface area contributed by atoms with Crippen LogP contribution < -0.4 is 4.74 Å². The summed E-state index contributed by atoms with van der Waals surface area (Å²) in [4.78, 5) is 13.3. The highest BCUT2D eigenvalue weighted by atomic mass is 16.5. The van der Waals surface area contributed by atoms with Crippen molar-refractivity contribution in [1.29, 1.82) is 0 Å². The molecule has 0 unspecified atom stereocenters. The van der Waals surface area contributed by atoms with Crippen molar-refractivity contribution in [3.8, 4) is 11.5 Å². The number of fused-ring (bicyclic) bond motifs is 1. The zero-order chi connectivity index (χ0) is 14.8. The molecule has 0 radical (unpaired) electrons. The number of hydrogen-bond acceptors (Lipinski definition) is 4. The Bertz CT molecular complexity index is 582. The van der Waals surface area contributed by atoms with Gasteiger partial charge in [0.15, 0.2) is 0 Å². The second-order valence-electron chi connectivity index (χ2n) is 5.73.